The molecule has 0 saturated carbocycles. The summed E-state index contributed by atoms with van der Waals surface area (Å²) < 4.78 is 32.7. The van der Waals surface area contributed by atoms with Crippen LogP contribution in [0, 0.1) is 5.92 Å². The first-order valence-electron chi connectivity index (χ1n) is 6.28. The molecule has 1 heterocycles. The predicted molar refractivity (Wildman–Crippen MR) is 77.8 cm³/mol. The highest BCUT2D eigenvalue weighted by molar-refractivity contribution is 9.08. The summed E-state index contributed by atoms with van der Waals surface area (Å²) >= 11 is 3.34. The number of alkyl halides is 1. The van der Waals surface area contributed by atoms with Crippen molar-refractivity contribution in [2.24, 2.45) is 5.92 Å². The van der Waals surface area contributed by atoms with E-state index in [0.717, 1.165) is 17.3 Å². The zero-order valence-corrected chi connectivity index (χ0v) is 13.2. The molecule has 1 aromatic carbocycles. The Labute approximate surface area is 122 Å². The first-order chi connectivity index (χ1) is 9.03. The quantitative estimate of drug-likeness (QED) is 0.850. The van der Waals surface area contributed by atoms with Crippen molar-refractivity contribution in [2.45, 2.75) is 29.6 Å². The topological polar surface area (TPSA) is 55.4 Å². The molecule has 6 heteroatoms. The summed E-state index contributed by atoms with van der Waals surface area (Å²) in [4.78, 5) is 0.316. The lowest BCUT2D eigenvalue weighted by Crippen LogP contribution is -2.44. The lowest BCUT2D eigenvalue weighted by molar-refractivity contribution is 0.0450. The van der Waals surface area contributed by atoms with Crippen LogP contribution in [0.3, 0.4) is 0 Å². The molecule has 0 amide bonds. The minimum Gasteiger partial charge on any atom is -0.381 e. The maximum Gasteiger partial charge on any atom is 0.240 e. The van der Waals surface area contributed by atoms with Crippen LogP contribution in [0.25, 0.3) is 0 Å². The van der Waals surface area contributed by atoms with Crippen molar-refractivity contribution in [3.63, 3.8) is 0 Å². The molecule has 1 saturated heterocycles. The first-order valence-corrected chi connectivity index (χ1v) is 8.88. The molecule has 0 aliphatic carbocycles. The smallest absolute Gasteiger partial charge is 0.240 e. The van der Waals surface area contributed by atoms with E-state index in [1.165, 1.54) is 0 Å². The molecule has 1 fully saturated rings. The Morgan fingerprint density at radius 2 is 2.05 bits per heavy atom. The molecule has 0 spiro atoms. The van der Waals surface area contributed by atoms with E-state index < -0.39 is 10.0 Å². The molecule has 0 bridgehead atoms. The normalized spacial score (nSPS) is 24.3. The van der Waals surface area contributed by atoms with Crippen LogP contribution in [0.4, 0.5) is 0 Å². The number of halogens is 1. The van der Waals surface area contributed by atoms with Gasteiger partial charge in [-0.05, 0) is 30.0 Å². The molecule has 1 N–H and O–H groups in total. The van der Waals surface area contributed by atoms with Crippen LogP contribution < -0.4 is 4.72 Å². The molecule has 2 unspecified atom stereocenters. The maximum absolute atomic E-state index is 12.3. The summed E-state index contributed by atoms with van der Waals surface area (Å²) in [5.74, 6) is 0.199. The third-order valence-corrected chi connectivity index (χ3v) is 5.49. The van der Waals surface area contributed by atoms with Gasteiger partial charge in [0.1, 0.15) is 0 Å². The molecule has 1 aliphatic rings. The largest absolute Gasteiger partial charge is 0.381 e. The Hall–Kier alpha value is -0.430. The summed E-state index contributed by atoms with van der Waals surface area (Å²) in [6.45, 7) is 3.22. The molecule has 1 aromatic rings. The lowest BCUT2D eigenvalue weighted by Gasteiger charge is -2.29. The number of nitrogens with one attached hydrogen (secondary N) is 1. The summed E-state index contributed by atoms with van der Waals surface area (Å²) in [5, 5.41) is 0.720. The zero-order chi connectivity index (χ0) is 13.9. The van der Waals surface area contributed by atoms with Crippen LogP contribution in [-0.4, -0.2) is 27.7 Å². The molecule has 106 valence electrons. The molecule has 19 heavy (non-hydrogen) atoms. The SMILES string of the molecule is CC1COCCC1NS(=O)(=O)c1ccc(CBr)cc1. The second kappa shape index (κ2) is 6.35. The molecule has 0 radical (unpaired) electrons. The van der Waals surface area contributed by atoms with Gasteiger partial charge >= 0.3 is 0 Å². The highest BCUT2D eigenvalue weighted by Crippen LogP contribution is 2.18. The van der Waals surface area contributed by atoms with Gasteiger partial charge in [0, 0.05) is 18.0 Å². The highest BCUT2D eigenvalue weighted by atomic mass is 79.9. The van der Waals surface area contributed by atoms with Crippen LogP contribution in [0.15, 0.2) is 29.2 Å². The number of hydrogen-bond acceptors (Lipinski definition) is 3. The van der Waals surface area contributed by atoms with Gasteiger partial charge in [0.05, 0.1) is 11.5 Å². The molecule has 4 nitrogen and oxygen atoms in total. The summed E-state index contributed by atoms with van der Waals surface area (Å²) in [5.41, 5.74) is 1.05. The number of benzene rings is 1. The van der Waals surface area contributed by atoms with Crippen molar-refractivity contribution >= 4 is 26.0 Å². The van der Waals surface area contributed by atoms with E-state index >= 15 is 0 Å². The summed E-state index contributed by atoms with van der Waals surface area (Å²) in [6.07, 6.45) is 0.722. The molecule has 1 aliphatic heterocycles. The average molecular weight is 348 g/mol. The predicted octanol–water partition coefficient (Wildman–Crippen LogP) is 2.28. The van der Waals surface area contributed by atoms with E-state index in [9.17, 15) is 8.42 Å². The minimum atomic E-state index is -3.44. The monoisotopic (exact) mass is 347 g/mol. The van der Waals surface area contributed by atoms with Crippen molar-refractivity contribution in [1.29, 1.82) is 0 Å². The second-order valence-corrected chi connectivity index (χ2v) is 7.12. The third kappa shape index (κ3) is 3.78. The van der Waals surface area contributed by atoms with Crippen molar-refractivity contribution < 1.29 is 13.2 Å². The molecular formula is C13H18BrNO3S. The van der Waals surface area contributed by atoms with Crippen LogP contribution in [-0.2, 0) is 20.1 Å². The third-order valence-electron chi connectivity index (χ3n) is 3.34. The van der Waals surface area contributed by atoms with E-state index in [4.69, 9.17) is 4.74 Å². The summed E-state index contributed by atoms with van der Waals surface area (Å²) in [6, 6.07) is 6.87. The molecular weight excluding hydrogens is 330 g/mol. The second-order valence-electron chi connectivity index (χ2n) is 4.85. The standard InChI is InChI=1S/C13H18BrNO3S/c1-10-9-18-7-6-13(10)15-19(16,17)12-4-2-11(8-14)3-5-12/h2-5,10,13,15H,6-9H2,1H3. The average Bonchev–Trinajstić information content (AvgIpc) is 2.41. The van der Waals surface area contributed by atoms with Gasteiger partial charge in [-0.3, -0.25) is 0 Å². The molecule has 2 rings (SSSR count). The van der Waals surface area contributed by atoms with Crippen molar-refractivity contribution in [3.8, 4) is 0 Å². The molecule has 2 atom stereocenters. The van der Waals surface area contributed by atoms with Crippen LogP contribution in [0.2, 0.25) is 0 Å². The zero-order valence-electron chi connectivity index (χ0n) is 10.8. The van der Waals surface area contributed by atoms with Gasteiger partial charge in [-0.1, -0.05) is 35.0 Å². The first kappa shape index (κ1) is 15.0. The van der Waals surface area contributed by atoms with E-state index in [1.807, 2.05) is 19.1 Å². The van der Waals surface area contributed by atoms with E-state index in [2.05, 4.69) is 20.7 Å². The van der Waals surface area contributed by atoms with Gasteiger partial charge in [-0.15, -0.1) is 0 Å². The van der Waals surface area contributed by atoms with Crippen molar-refractivity contribution in [2.75, 3.05) is 13.2 Å². The fourth-order valence-electron chi connectivity index (χ4n) is 2.08. The Balaban J connectivity index is 2.12. The van der Waals surface area contributed by atoms with E-state index in [0.29, 0.717) is 18.1 Å². The van der Waals surface area contributed by atoms with Crippen molar-refractivity contribution in [3.05, 3.63) is 29.8 Å². The number of sulfonamides is 1. The van der Waals surface area contributed by atoms with Crippen LogP contribution in [0.1, 0.15) is 18.9 Å². The number of hydrogen-bond donors (Lipinski definition) is 1. The van der Waals surface area contributed by atoms with Crippen LogP contribution >= 0.6 is 15.9 Å². The maximum atomic E-state index is 12.3. The lowest BCUT2D eigenvalue weighted by atomic mass is 9.99. The Morgan fingerprint density at radius 3 is 2.63 bits per heavy atom. The van der Waals surface area contributed by atoms with E-state index in [1.54, 1.807) is 12.1 Å². The van der Waals surface area contributed by atoms with Crippen molar-refractivity contribution in [1.82, 2.24) is 4.72 Å². The van der Waals surface area contributed by atoms with Crippen LogP contribution in [0.5, 0.6) is 0 Å². The Kier molecular flexibility index (Phi) is 5.00. The van der Waals surface area contributed by atoms with Gasteiger partial charge in [0.25, 0.3) is 0 Å². The van der Waals surface area contributed by atoms with Gasteiger partial charge in [0.2, 0.25) is 10.0 Å². The van der Waals surface area contributed by atoms with Gasteiger partial charge in [0.15, 0.2) is 0 Å². The molecule has 0 aromatic heterocycles. The van der Waals surface area contributed by atoms with Gasteiger partial charge < -0.3 is 4.74 Å². The fourth-order valence-corrected chi connectivity index (χ4v) is 3.83. The fraction of sp³-hybridized carbons (Fsp3) is 0.538. The van der Waals surface area contributed by atoms with E-state index in [-0.39, 0.29) is 12.0 Å². The Morgan fingerprint density at radius 1 is 1.37 bits per heavy atom. The summed E-state index contributed by atoms with van der Waals surface area (Å²) in [7, 11) is -3.44. The highest BCUT2D eigenvalue weighted by Gasteiger charge is 2.27. The minimum absolute atomic E-state index is 0.0467. The van der Waals surface area contributed by atoms with Gasteiger partial charge in [-0.25, -0.2) is 13.1 Å². The van der Waals surface area contributed by atoms with Gasteiger partial charge in [-0.2, -0.15) is 0 Å². The Bertz CT molecular complexity index is 515. The number of rotatable bonds is 4. The number of ether oxygens (including phenoxy) is 1.